The van der Waals surface area contributed by atoms with Crippen molar-refractivity contribution in [2.75, 3.05) is 44.4 Å². The van der Waals surface area contributed by atoms with Crippen molar-refractivity contribution in [1.82, 2.24) is 20.1 Å². The maximum atomic E-state index is 13.0. The van der Waals surface area contributed by atoms with Gasteiger partial charge in [-0.1, -0.05) is 16.9 Å². The molecule has 5 N–H and O–H groups in total. The highest BCUT2D eigenvalue weighted by Crippen LogP contribution is 2.43. The quantitative estimate of drug-likeness (QED) is 0.114. The summed E-state index contributed by atoms with van der Waals surface area (Å²) in [5, 5.41) is 27.0. The Balaban J connectivity index is 1.45. The zero-order chi connectivity index (χ0) is 28.1. The highest BCUT2D eigenvalue weighted by atomic mass is 32.2. The number of morpholine rings is 1. The molecule has 15 nitrogen and oxygen atoms in total. The zero-order valence-corrected chi connectivity index (χ0v) is 22.4. The molecule has 1 aromatic rings. The molecule has 39 heavy (non-hydrogen) atoms. The molecule has 0 radical (unpaired) electrons. The summed E-state index contributed by atoms with van der Waals surface area (Å²) in [6, 6.07) is -1.08. The molecule has 2 fully saturated rings. The van der Waals surface area contributed by atoms with E-state index in [1.807, 2.05) is 0 Å². The number of nitrogens with zero attached hydrogens (tertiary/aromatic N) is 4. The smallest absolute Gasteiger partial charge is 0.353 e. The van der Waals surface area contributed by atoms with E-state index in [1.54, 1.807) is 4.90 Å². The maximum Gasteiger partial charge on any atom is 0.353 e. The largest absolute Gasteiger partial charge is 0.479 e. The second-order valence-corrected chi connectivity index (χ2v) is 11.0. The van der Waals surface area contributed by atoms with Gasteiger partial charge in [0.15, 0.2) is 10.8 Å². The Morgan fingerprint density at radius 2 is 2.05 bits per heavy atom. The van der Waals surface area contributed by atoms with Gasteiger partial charge in [-0.25, -0.2) is 14.6 Å². The van der Waals surface area contributed by atoms with Crippen LogP contribution in [-0.4, -0.2) is 110 Å². The van der Waals surface area contributed by atoms with Crippen LogP contribution in [0.4, 0.5) is 5.13 Å². The fourth-order valence-electron chi connectivity index (χ4n) is 3.71. The van der Waals surface area contributed by atoms with E-state index in [1.165, 1.54) is 28.6 Å². The monoisotopic (exact) mass is 598 g/mol. The maximum absolute atomic E-state index is 13.0. The molecule has 2 saturated heterocycles. The number of aliphatic carboxylic acids is 2. The van der Waals surface area contributed by atoms with Crippen molar-refractivity contribution in [3.8, 4) is 0 Å². The average Bonchev–Trinajstić information content (AvgIpc) is 3.34. The van der Waals surface area contributed by atoms with Crippen LogP contribution in [0.5, 0.6) is 0 Å². The summed E-state index contributed by atoms with van der Waals surface area (Å²) < 4.78 is 5.22. The SMILES string of the molecule is Nc1nc(/C(=N/OCC(=O)O)C(=O)N[C@@H]2C(=O)N3C(C(=O)O)=C(S/C=C\C(=O)N4CCOCC4)CS[C@H]23)cs1. The zero-order valence-electron chi connectivity index (χ0n) is 20.0. The van der Waals surface area contributed by atoms with Crippen LogP contribution in [0, 0.1) is 0 Å². The molecular weight excluding hydrogens is 576 g/mol. The summed E-state index contributed by atoms with van der Waals surface area (Å²) in [5.41, 5.74) is 5.01. The van der Waals surface area contributed by atoms with Crippen molar-refractivity contribution in [3.63, 3.8) is 0 Å². The van der Waals surface area contributed by atoms with E-state index in [9.17, 15) is 29.1 Å². The number of carbonyl (C=O) groups excluding carboxylic acids is 3. The third kappa shape index (κ3) is 6.52. The number of oxime groups is 1. The number of nitrogens with one attached hydrogen (secondary N) is 1. The molecule has 0 unspecified atom stereocenters. The molecule has 0 bridgehead atoms. The van der Waals surface area contributed by atoms with Crippen LogP contribution in [0.2, 0.25) is 0 Å². The van der Waals surface area contributed by atoms with Crippen LogP contribution in [-0.2, 0) is 33.5 Å². The number of anilines is 1. The van der Waals surface area contributed by atoms with Crippen LogP contribution in [0.15, 0.2) is 32.6 Å². The van der Waals surface area contributed by atoms with Crippen molar-refractivity contribution in [2.45, 2.75) is 11.4 Å². The lowest BCUT2D eigenvalue weighted by Gasteiger charge is -2.49. The fourth-order valence-corrected chi connectivity index (χ4v) is 6.57. The molecule has 4 rings (SSSR count). The number of carbonyl (C=O) groups is 5. The Morgan fingerprint density at radius 1 is 1.31 bits per heavy atom. The highest BCUT2D eigenvalue weighted by Gasteiger charge is 2.54. The number of thioether (sulfide) groups is 2. The van der Waals surface area contributed by atoms with Crippen molar-refractivity contribution in [1.29, 1.82) is 0 Å². The molecule has 1 aromatic heterocycles. The lowest BCUT2D eigenvalue weighted by atomic mass is 10.0. The van der Waals surface area contributed by atoms with Crippen LogP contribution >= 0.6 is 34.9 Å². The molecule has 0 aliphatic carbocycles. The summed E-state index contributed by atoms with van der Waals surface area (Å²) >= 11 is 3.28. The molecule has 3 aliphatic heterocycles. The Bertz CT molecular complexity index is 1270. The molecule has 2 atom stereocenters. The lowest BCUT2D eigenvalue weighted by molar-refractivity contribution is -0.150. The standard InChI is InChI=1S/C21H22N6O9S3/c22-21-23-10(8-39-21)14(25-36-7-13(29)30)17(31)24-15-18(32)27-16(20(33)34)11(9-38-19(15)27)37-6-1-12(28)26-2-4-35-5-3-26/h1,6,8,15,19H,2-5,7,9H2,(H2,22,23)(H,24,31)(H,29,30)(H,33,34)/b6-1-,25-14-/t15-,19-/m1/s1. The van der Waals surface area contributed by atoms with Gasteiger partial charge in [0.2, 0.25) is 12.5 Å². The predicted molar refractivity (Wildman–Crippen MR) is 140 cm³/mol. The van der Waals surface area contributed by atoms with Crippen molar-refractivity contribution < 1.29 is 43.8 Å². The third-order valence-electron chi connectivity index (χ3n) is 5.49. The normalized spacial score (nSPS) is 21.4. The number of fused-ring (bicyclic) bond motifs is 1. The summed E-state index contributed by atoms with van der Waals surface area (Å²) in [7, 11) is 0. The van der Waals surface area contributed by atoms with E-state index in [2.05, 4.69) is 20.3 Å². The number of nitrogens with two attached hydrogens (primary N) is 1. The van der Waals surface area contributed by atoms with Crippen molar-refractivity contribution in [3.05, 3.63) is 33.2 Å². The van der Waals surface area contributed by atoms with Gasteiger partial charge in [-0.05, 0) is 5.41 Å². The van der Waals surface area contributed by atoms with Crippen LogP contribution in [0.3, 0.4) is 0 Å². The number of carboxylic acids is 2. The molecule has 4 heterocycles. The number of hydrogen-bond donors (Lipinski definition) is 4. The van der Waals surface area contributed by atoms with E-state index in [0.717, 1.165) is 28.0 Å². The van der Waals surface area contributed by atoms with Gasteiger partial charge in [0.05, 0.1) is 13.2 Å². The van der Waals surface area contributed by atoms with Crippen molar-refractivity contribution in [2.24, 2.45) is 5.16 Å². The first-order valence-corrected chi connectivity index (χ1v) is 14.0. The minimum Gasteiger partial charge on any atom is -0.479 e. The van der Waals surface area contributed by atoms with Gasteiger partial charge in [0.25, 0.3) is 11.8 Å². The molecular formula is C21H22N6O9S3. The number of amides is 3. The number of nitrogen functional groups attached to an aromatic ring is 1. The first kappa shape index (κ1) is 28.4. The van der Waals surface area contributed by atoms with Crippen LogP contribution < -0.4 is 11.1 Å². The minimum absolute atomic E-state index is 0.0172. The third-order valence-corrected chi connectivity index (χ3v) is 8.52. The minimum atomic E-state index is -1.32. The van der Waals surface area contributed by atoms with Crippen LogP contribution in [0.1, 0.15) is 5.69 Å². The van der Waals surface area contributed by atoms with Crippen molar-refractivity contribution >= 4 is 75.4 Å². The van der Waals surface area contributed by atoms with E-state index in [0.29, 0.717) is 31.2 Å². The van der Waals surface area contributed by atoms with E-state index < -0.39 is 47.5 Å². The average molecular weight is 599 g/mol. The topological polar surface area (TPSA) is 214 Å². The Kier molecular flexibility index (Phi) is 9.10. The number of rotatable bonds is 10. The fraction of sp³-hybridized carbons (Fsp3) is 0.381. The lowest BCUT2D eigenvalue weighted by Crippen LogP contribution is -2.71. The number of hydrogen-bond acceptors (Lipinski definition) is 13. The Hall–Kier alpha value is -3.61. The summed E-state index contributed by atoms with van der Waals surface area (Å²) in [6.45, 7) is 1.03. The molecule has 0 spiro atoms. The first-order valence-electron chi connectivity index (χ1n) is 11.2. The molecule has 0 aromatic carbocycles. The molecule has 3 amide bonds. The number of carboxylic acid groups (broad SMARTS) is 2. The highest BCUT2D eigenvalue weighted by molar-refractivity contribution is 8.08. The second kappa shape index (κ2) is 12.5. The first-order chi connectivity index (χ1) is 18.7. The Morgan fingerprint density at radius 3 is 2.69 bits per heavy atom. The van der Waals surface area contributed by atoms with Gasteiger partial charge >= 0.3 is 11.9 Å². The summed E-state index contributed by atoms with van der Waals surface area (Å²) in [4.78, 5) is 72.7. The molecule has 208 valence electrons. The van der Waals surface area contributed by atoms with E-state index in [-0.39, 0.29) is 28.2 Å². The van der Waals surface area contributed by atoms with Gasteiger partial charge in [-0.2, -0.15) is 0 Å². The van der Waals surface area contributed by atoms with E-state index >= 15 is 0 Å². The van der Waals surface area contributed by atoms with Gasteiger partial charge in [0, 0.05) is 35.2 Å². The van der Waals surface area contributed by atoms with Gasteiger partial charge < -0.3 is 35.7 Å². The second-order valence-electron chi connectivity index (χ2n) is 7.97. The number of thiazole rings is 1. The number of β-lactam (4-membered cyclic amide) rings is 1. The predicted octanol–water partition coefficient (Wildman–Crippen LogP) is -0.668. The summed E-state index contributed by atoms with van der Waals surface area (Å²) in [6.07, 6.45) is 1.35. The van der Waals surface area contributed by atoms with E-state index in [4.69, 9.17) is 15.6 Å². The van der Waals surface area contributed by atoms with Crippen LogP contribution in [0.25, 0.3) is 0 Å². The molecule has 18 heteroatoms. The summed E-state index contributed by atoms with van der Waals surface area (Å²) in [5.74, 6) is -4.19. The Labute approximate surface area is 233 Å². The molecule has 0 saturated carbocycles. The molecule has 3 aliphatic rings. The number of ether oxygens (including phenoxy) is 1. The van der Waals surface area contributed by atoms with Gasteiger partial charge in [0.1, 0.15) is 22.8 Å². The van der Waals surface area contributed by atoms with Gasteiger partial charge in [-0.15, -0.1) is 23.1 Å². The van der Waals surface area contributed by atoms with Gasteiger partial charge in [-0.3, -0.25) is 19.3 Å². The number of aromatic nitrogens is 1.